The topological polar surface area (TPSA) is 96.7 Å². The minimum atomic E-state index is -0.0922. The van der Waals surface area contributed by atoms with Gasteiger partial charge < -0.3 is 9.84 Å². The highest BCUT2D eigenvalue weighted by Gasteiger charge is 2.30. The molecule has 3 aromatic rings. The normalized spacial score (nSPS) is 18.7. The van der Waals surface area contributed by atoms with Gasteiger partial charge in [0.05, 0.1) is 17.3 Å². The fraction of sp³-hybridized carbons (Fsp3) is 0.368. The standard InChI is InChI=1S/C19H19N5O2/c1-10-15(9-20-23-10)18(25)21-16-7-5-12-8-13(4-6-14(12)16)17-22-19(26-24-17)11-2-3-11/h4,6,8-9,11,16H,2-3,5,7H2,1H3,(H,20,23)(H,21,25). The number of hydrogen-bond donors (Lipinski definition) is 2. The molecule has 0 bridgehead atoms. The van der Waals surface area contributed by atoms with E-state index < -0.39 is 0 Å². The Hall–Kier alpha value is -2.96. The van der Waals surface area contributed by atoms with Crippen molar-refractivity contribution >= 4 is 5.91 Å². The first kappa shape index (κ1) is 15.3. The van der Waals surface area contributed by atoms with E-state index in [9.17, 15) is 4.79 Å². The first-order valence-electron chi connectivity index (χ1n) is 8.97. The van der Waals surface area contributed by atoms with Crippen molar-refractivity contribution in [3.05, 3.63) is 52.7 Å². The van der Waals surface area contributed by atoms with Crippen LogP contribution in [0, 0.1) is 6.92 Å². The monoisotopic (exact) mass is 349 g/mol. The van der Waals surface area contributed by atoms with Gasteiger partial charge in [-0.1, -0.05) is 17.3 Å². The zero-order valence-corrected chi connectivity index (χ0v) is 14.5. The Bertz CT molecular complexity index is 985. The Morgan fingerprint density at radius 2 is 2.19 bits per heavy atom. The number of amides is 1. The molecule has 132 valence electrons. The highest BCUT2D eigenvalue weighted by molar-refractivity contribution is 5.95. The summed E-state index contributed by atoms with van der Waals surface area (Å²) in [6.07, 6.45) is 5.73. The molecule has 2 aromatic heterocycles. The summed E-state index contributed by atoms with van der Waals surface area (Å²) < 4.78 is 5.36. The number of aryl methyl sites for hydroxylation is 2. The summed E-state index contributed by atoms with van der Waals surface area (Å²) in [5, 5.41) is 14.0. The van der Waals surface area contributed by atoms with Crippen LogP contribution in [0.5, 0.6) is 0 Å². The molecule has 0 aliphatic heterocycles. The van der Waals surface area contributed by atoms with Crippen molar-refractivity contribution < 1.29 is 9.32 Å². The van der Waals surface area contributed by atoms with Gasteiger partial charge in [0.25, 0.3) is 5.91 Å². The van der Waals surface area contributed by atoms with Crippen LogP contribution >= 0.6 is 0 Å². The molecule has 2 N–H and O–H groups in total. The third kappa shape index (κ3) is 2.60. The van der Waals surface area contributed by atoms with E-state index in [0.717, 1.165) is 42.7 Å². The van der Waals surface area contributed by atoms with Crippen molar-refractivity contribution in [2.45, 2.75) is 44.6 Å². The number of H-pyrrole nitrogens is 1. The Morgan fingerprint density at radius 3 is 2.96 bits per heavy atom. The number of aromatic amines is 1. The molecular formula is C19H19N5O2. The van der Waals surface area contributed by atoms with Gasteiger partial charge in [-0.2, -0.15) is 10.1 Å². The van der Waals surface area contributed by atoms with Crippen molar-refractivity contribution in [1.82, 2.24) is 25.7 Å². The van der Waals surface area contributed by atoms with Crippen molar-refractivity contribution in [2.75, 3.05) is 0 Å². The van der Waals surface area contributed by atoms with Crippen molar-refractivity contribution in [3.63, 3.8) is 0 Å². The smallest absolute Gasteiger partial charge is 0.255 e. The molecule has 1 saturated carbocycles. The zero-order valence-electron chi connectivity index (χ0n) is 14.5. The van der Waals surface area contributed by atoms with E-state index in [2.05, 4.69) is 37.8 Å². The van der Waals surface area contributed by atoms with Gasteiger partial charge in [0.1, 0.15) is 0 Å². The van der Waals surface area contributed by atoms with Crippen LogP contribution in [0.2, 0.25) is 0 Å². The number of rotatable bonds is 4. The molecule has 1 unspecified atom stereocenters. The SMILES string of the molecule is Cc1n[nH]cc1C(=O)NC1CCc2cc(-c3noc(C4CC4)n3)ccc21. The van der Waals surface area contributed by atoms with E-state index in [-0.39, 0.29) is 11.9 Å². The van der Waals surface area contributed by atoms with Crippen LogP contribution in [0.15, 0.2) is 28.9 Å². The minimum absolute atomic E-state index is 0.0214. The van der Waals surface area contributed by atoms with Crippen LogP contribution in [0.25, 0.3) is 11.4 Å². The average Bonchev–Trinajstić information content (AvgIpc) is 3.05. The summed E-state index contributed by atoms with van der Waals surface area (Å²) in [5.41, 5.74) is 4.66. The highest BCUT2D eigenvalue weighted by atomic mass is 16.5. The van der Waals surface area contributed by atoms with Crippen molar-refractivity contribution in [2.24, 2.45) is 0 Å². The largest absolute Gasteiger partial charge is 0.345 e. The fourth-order valence-electron chi connectivity index (χ4n) is 3.58. The van der Waals surface area contributed by atoms with Crippen LogP contribution in [-0.2, 0) is 6.42 Å². The number of carbonyl (C=O) groups excluding carboxylic acids is 1. The fourth-order valence-corrected chi connectivity index (χ4v) is 3.58. The van der Waals surface area contributed by atoms with Gasteiger partial charge in [0.2, 0.25) is 11.7 Å². The summed E-state index contributed by atoms with van der Waals surface area (Å²) in [4.78, 5) is 17.0. The molecule has 26 heavy (non-hydrogen) atoms. The maximum atomic E-state index is 12.4. The Balaban J connectivity index is 1.36. The number of benzene rings is 1. The number of nitrogens with one attached hydrogen (secondary N) is 2. The molecule has 1 amide bonds. The Kier molecular flexibility index (Phi) is 3.41. The van der Waals surface area contributed by atoms with Gasteiger partial charge in [-0.15, -0.1) is 0 Å². The van der Waals surface area contributed by atoms with E-state index in [4.69, 9.17) is 4.52 Å². The molecule has 2 aliphatic rings. The lowest BCUT2D eigenvalue weighted by molar-refractivity contribution is 0.0936. The Morgan fingerprint density at radius 1 is 1.31 bits per heavy atom. The van der Waals surface area contributed by atoms with Gasteiger partial charge in [0.15, 0.2) is 0 Å². The number of nitrogens with zero attached hydrogens (tertiary/aromatic N) is 3. The van der Waals surface area contributed by atoms with Crippen molar-refractivity contribution in [1.29, 1.82) is 0 Å². The third-order valence-corrected chi connectivity index (χ3v) is 5.23. The quantitative estimate of drug-likeness (QED) is 0.754. The molecule has 1 aromatic carbocycles. The van der Waals surface area contributed by atoms with Crippen LogP contribution in [0.3, 0.4) is 0 Å². The molecule has 0 saturated heterocycles. The molecule has 1 atom stereocenters. The molecule has 2 heterocycles. The minimum Gasteiger partial charge on any atom is -0.345 e. The second kappa shape index (κ2) is 5.79. The first-order chi connectivity index (χ1) is 12.7. The summed E-state index contributed by atoms with van der Waals surface area (Å²) in [6.45, 7) is 1.82. The molecule has 5 rings (SSSR count). The number of fused-ring (bicyclic) bond motifs is 1. The van der Waals surface area contributed by atoms with Crippen LogP contribution in [-0.4, -0.2) is 26.2 Å². The number of hydrogen-bond acceptors (Lipinski definition) is 5. The van der Waals surface area contributed by atoms with Gasteiger partial charge in [0, 0.05) is 17.7 Å². The van der Waals surface area contributed by atoms with E-state index in [1.54, 1.807) is 6.20 Å². The first-order valence-corrected chi connectivity index (χ1v) is 8.97. The maximum Gasteiger partial charge on any atom is 0.255 e. The van der Waals surface area contributed by atoms with Gasteiger partial charge in [-0.3, -0.25) is 9.89 Å². The van der Waals surface area contributed by atoms with Crippen LogP contribution in [0.1, 0.15) is 64.3 Å². The van der Waals surface area contributed by atoms with Crippen LogP contribution in [0.4, 0.5) is 0 Å². The average molecular weight is 349 g/mol. The predicted octanol–water partition coefficient (Wildman–Crippen LogP) is 3.06. The maximum absolute atomic E-state index is 12.4. The molecule has 0 radical (unpaired) electrons. The highest BCUT2D eigenvalue weighted by Crippen LogP contribution is 2.40. The van der Waals surface area contributed by atoms with E-state index >= 15 is 0 Å². The lowest BCUT2D eigenvalue weighted by Crippen LogP contribution is -2.27. The van der Waals surface area contributed by atoms with E-state index in [1.165, 1.54) is 5.56 Å². The lowest BCUT2D eigenvalue weighted by Gasteiger charge is -2.14. The summed E-state index contributed by atoms with van der Waals surface area (Å²) in [5.74, 6) is 1.76. The molecule has 7 heteroatoms. The second-order valence-corrected chi connectivity index (χ2v) is 7.09. The number of carbonyl (C=O) groups is 1. The Labute approximate surface area is 150 Å². The van der Waals surface area contributed by atoms with Crippen molar-refractivity contribution in [3.8, 4) is 11.4 Å². The zero-order chi connectivity index (χ0) is 17.7. The second-order valence-electron chi connectivity index (χ2n) is 7.09. The summed E-state index contributed by atoms with van der Waals surface area (Å²) in [6, 6.07) is 6.21. The molecule has 1 fully saturated rings. The molecular weight excluding hydrogens is 330 g/mol. The summed E-state index contributed by atoms with van der Waals surface area (Å²) in [7, 11) is 0. The van der Waals surface area contributed by atoms with Gasteiger partial charge in [-0.25, -0.2) is 0 Å². The van der Waals surface area contributed by atoms with E-state index in [1.807, 2.05) is 13.0 Å². The van der Waals surface area contributed by atoms with Crippen LogP contribution < -0.4 is 5.32 Å². The van der Waals surface area contributed by atoms with E-state index in [0.29, 0.717) is 23.0 Å². The van der Waals surface area contributed by atoms with Gasteiger partial charge >= 0.3 is 0 Å². The molecule has 0 spiro atoms. The molecule has 2 aliphatic carbocycles. The number of aromatic nitrogens is 4. The van der Waals surface area contributed by atoms with Gasteiger partial charge in [-0.05, 0) is 49.8 Å². The molecule has 7 nitrogen and oxygen atoms in total. The third-order valence-electron chi connectivity index (χ3n) is 5.23. The predicted molar refractivity (Wildman–Crippen MR) is 93.6 cm³/mol. The summed E-state index contributed by atoms with van der Waals surface area (Å²) >= 11 is 0. The lowest BCUT2D eigenvalue weighted by atomic mass is 10.0.